The number of nitrogens with zero attached hydrogens (tertiary/aromatic N) is 1. The monoisotopic (exact) mass is 330 g/mol. The van der Waals surface area contributed by atoms with E-state index < -0.39 is 11.7 Å². The van der Waals surface area contributed by atoms with E-state index in [9.17, 15) is 18.0 Å². The highest BCUT2D eigenvalue weighted by molar-refractivity contribution is 7.99. The lowest BCUT2D eigenvalue weighted by molar-refractivity contribution is -0.137. The summed E-state index contributed by atoms with van der Waals surface area (Å²) in [6.07, 6.45) is -4.43. The Morgan fingerprint density at radius 3 is 2.77 bits per heavy atom. The van der Waals surface area contributed by atoms with Gasteiger partial charge in [-0.05, 0) is 25.1 Å². The summed E-state index contributed by atoms with van der Waals surface area (Å²) in [5, 5.41) is 6.22. The maximum atomic E-state index is 12.6. The molecule has 0 saturated heterocycles. The molecule has 0 aliphatic rings. The minimum Gasteiger partial charge on any atom is -0.361 e. The van der Waals surface area contributed by atoms with Crippen molar-refractivity contribution >= 4 is 23.4 Å². The number of carbonyl (C=O) groups is 1. The van der Waals surface area contributed by atoms with Crippen molar-refractivity contribution in [3.05, 3.63) is 47.3 Å². The van der Waals surface area contributed by atoms with Crippen LogP contribution in [0.1, 0.15) is 17.0 Å². The molecular formula is C14H13F3N2O2S. The number of benzene rings is 1. The van der Waals surface area contributed by atoms with Crippen molar-refractivity contribution < 1.29 is 22.5 Å². The first kappa shape index (κ1) is 16.4. The number of alkyl halides is 3. The van der Waals surface area contributed by atoms with Crippen LogP contribution in [0.3, 0.4) is 0 Å². The molecule has 1 N–H and O–H groups in total. The van der Waals surface area contributed by atoms with E-state index in [4.69, 9.17) is 4.52 Å². The molecule has 1 amide bonds. The molecule has 2 rings (SSSR count). The van der Waals surface area contributed by atoms with Crippen LogP contribution in [0.25, 0.3) is 0 Å². The van der Waals surface area contributed by atoms with Gasteiger partial charge in [-0.25, -0.2) is 0 Å². The third-order valence-electron chi connectivity index (χ3n) is 2.63. The van der Waals surface area contributed by atoms with E-state index in [1.807, 2.05) is 0 Å². The minimum atomic E-state index is -4.43. The van der Waals surface area contributed by atoms with Crippen LogP contribution < -0.4 is 5.32 Å². The molecular weight excluding hydrogens is 317 g/mol. The molecule has 0 spiro atoms. The summed E-state index contributed by atoms with van der Waals surface area (Å²) in [6.45, 7) is 1.77. The summed E-state index contributed by atoms with van der Waals surface area (Å²) in [7, 11) is 0. The van der Waals surface area contributed by atoms with Crippen LogP contribution in [-0.4, -0.2) is 16.8 Å². The number of amides is 1. The van der Waals surface area contributed by atoms with Crippen LogP contribution in [0.5, 0.6) is 0 Å². The average molecular weight is 330 g/mol. The number of aromatic nitrogens is 1. The van der Waals surface area contributed by atoms with E-state index in [1.165, 1.54) is 23.9 Å². The van der Waals surface area contributed by atoms with Crippen LogP contribution in [0.2, 0.25) is 0 Å². The van der Waals surface area contributed by atoms with Crippen LogP contribution in [-0.2, 0) is 16.7 Å². The molecule has 1 heterocycles. The van der Waals surface area contributed by atoms with Gasteiger partial charge in [0.15, 0.2) is 0 Å². The smallest absolute Gasteiger partial charge is 0.361 e. The fourth-order valence-electron chi connectivity index (χ4n) is 1.70. The van der Waals surface area contributed by atoms with Gasteiger partial charge in [0, 0.05) is 17.5 Å². The number of thioether (sulfide) groups is 1. The SMILES string of the molecule is Cc1cc(CSCC(=O)Nc2cccc(C(F)(F)F)c2)no1. The highest BCUT2D eigenvalue weighted by Gasteiger charge is 2.30. The van der Waals surface area contributed by atoms with Gasteiger partial charge in [-0.2, -0.15) is 13.2 Å². The van der Waals surface area contributed by atoms with Gasteiger partial charge in [0.2, 0.25) is 5.91 Å². The molecule has 0 aliphatic carbocycles. The Morgan fingerprint density at radius 2 is 2.14 bits per heavy atom. The van der Waals surface area contributed by atoms with Gasteiger partial charge in [0.05, 0.1) is 17.0 Å². The van der Waals surface area contributed by atoms with E-state index in [0.717, 1.165) is 17.8 Å². The van der Waals surface area contributed by atoms with Crippen LogP contribution >= 0.6 is 11.8 Å². The zero-order valence-electron chi connectivity index (χ0n) is 11.6. The first-order valence-corrected chi connectivity index (χ1v) is 7.47. The van der Waals surface area contributed by atoms with Crippen molar-refractivity contribution in [2.24, 2.45) is 0 Å². The van der Waals surface area contributed by atoms with E-state index in [0.29, 0.717) is 11.5 Å². The highest BCUT2D eigenvalue weighted by Crippen LogP contribution is 2.30. The Labute approximate surface area is 129 Å². The molecule has 8 heteroatoms. The Morgan fingerprint density at radius 1 is 1.36 bits per heavy atom. The topological polar surface area (TPSA) is 55.1 Å². The predicted molar refractivity (Wildman–Crippen MR) is 77.5 cm³/mol. The summed E-state index contributed by atoms with van der Waals surface area (Å²) >= 11 is 1.30. The zero-order chi connectivity index (χ0) is 16.2. The maximum absolute atomic E-state index is 12.6. The van der Waals surface area contributed by atoms with Gasteiger partial charge in [-0.3, -0.25) is 4.79 Å². The quantitative estimate of drug-likeness (QED) is 0.904. The van der Waals surface area contributed by atoms with Crippen molar-refractivity contribution in [1.82, 2.24) is 5.16 Å². The first-order chi connectivity index (χ1) is 10.3. The predicted octanol–water partition coefficient (Wildman–Crippen LogP) is 3.87. The van der Waals surface area contributed by atoms with Gasteiger partial charge in [0.1, 0.15) is 5.76 Å². The molecule has 0 fully saturated rings. The first-order valence-electron chi connectivity index (χ1n) is 6.31. The zero-order valence-corrected chi connectivity index (χ0v) is 12.4. The standard InChI is InChI=1S/C14H13F3N2O2S/c1-9-5-12(19-21-9)7-22-8-13(20)18-11-4-2-3-10(6-11)14(15,16)17/h2-6H,7-8H2,1H3,(H,18,20). The third kappa shape index (κ3) is 4.80. The van der Waals surface area contributed by atoms with Crippen molar-refractivity contribution in [3.8, 4) is 0 Å². The molecule has 0 bridgehead atoms. The highest BCUT2D eigenvalue weighted by atomic mass is 32.2. The van der Waals surface area contributed by atoms with Gasteiger partial charge >= 0.3 is 6.18 Å². The molecule has 0 radical (unpaired) electrons. The number of anilines is 1. The lowest BCUT2D eigenvalue weighted by Crippen LogP contribution is -2.15. The number of nitrogens with one attached hydrogen (secondary N) is 1. The summed E-state index contributed by atoms with van der Waals surface area (Å²) in [6, 6.07) is 6.29. The number of rotatable bonds is 5. The van der Waals surface area contributed by atoms with Gasteiger partial charge in [-0.15, -0.1) is 11.8 Å². The number of halogens is 3. The largest absolute Gasteiger partial charge is 0.416 e. The Balaban J connectivity index is 1.84. The molecule has 118 valence electrons. The van der Waals surface area contributed by atoms with Gasteiger partial charge < -0.3 is 9.84 Å². The normalized spacial score (nSPS) is 11.5. The van der Waals surface area contributed by atoms with E-state index >= 15 is 0 Å². The van der Waals surface area contributed by atoms with Gasteiger partial charge in [0.25, 0.3) is 0 Å². The number of hydrogen-bond acceptors (Lipinski definition) is 4. The molecule has 1 aromatic carbocycles. The fourth-order valence-corrected chi connectivity index (χ4v) is 2.41. The molecule has 0 unspecified atom stereocenters. The maximum Gasteiger partial charge on any atom is 0.416 e. The molecule has 4 nitrogen and oxygen atoms in total. The van der Waals surface area contributed by atoms with Crippen LogP contribution in [0.15, 0.2) is 34.9 Å². The lowest BCUT2D eigenvalue weighted by atomic mass is 10.2. The molecule has 2 aromatic rings. The Kier molecular flexibility index (Phi) is 5.12. The van der Waals surface area contributed by atoms with Crippen molar-refractivity contribution in [2.75, 3.05) is 11.1 Å². The van der Waals surface area contributed by atoms with E-state index in [1.54, 1.807) is 13.0 Å². The number of carbonyl (C=O) groups excluding carboxylic acids is 1. The molecule has 0 saturated carbocycles. The number of hydrogen-bond donors (Lipinski definition) is 1. The number of aryl methyl sites for hydroxylation is 1. The fraction of sp³-hybridized carbons (Fsp3) is 0.286. The Bertz CT molecular complexity index is 656. The van der Waals surface area contributed by atoms with Crippen LogP contribution in [0.4, 0.5) is 18.9 Å². The van der Waals surface area contributed by atoms with Crippen molar-refractivity contribution in [3.63, 3.8) is 0 Å². The van der Waals surface area contributed by atoms with Crippen LogP contribution in [0, 0.1) is 6.92 Å². The molecule has 1 aromatic heterocycles. The summed E-state index contributed by atoms with van der Waals surface area (Å²) < 4.78 is 42.6. The second-order valence-corrected chi connectivity index (χ2v) is 5.53. The summed E-state index contributed by atoms with van der Waals surface area (Å²) in [5.41, 5.74) is 0.0445. The Hall–Kier alpha value is -1.96. The van der Waals surface area contributed by atoms with E-state index in [-0.39, 0.29) is 17.3 Å². The minimum absolute atomic E-state index is 0.113. The summed E-state index contributed by atoms with van der Waals surface area (Å²) in [4.78, 5) is 11.7. The summed E-state index contributed by atoms with van der Waals surface area (Å²) in [5.74, 6) is 0.920. The molecule has 0 atom stereocenters. The third-order valence-corrected chi connectivity index (χ3v) is 3.60. The lowest BCUT2D eigenvalue weighted by Gasteiger charge is -2.09. The van der Waals surface area contributed by atoms with E-state index in [2.05, 4.69) is 10.5 Å². The second kappa shape index (κ2) is 6.87. The van der Waals surface area contributed by atoms with Crippen molar-refractivity contribution in [2.45, 2.75) is 18.9 Å². The van der Waals surface area contributed by atoms with Gasteiger partial charge in [-0.1, -0.05) is 11.2 Å². The van der Waals surface area contributed by atoms with Crippen molar-refractivity contribution in [1.29, 1.82) is 0 Å². The molecule has 22 heavy (non-hydrogen) atoms. The second-order valence-electron chi connectivity index (χ2n) is 4.55. The average Bonchev–Trinajstić information content (AvgIpc) is 2.84. The molecule has 0 aliphatic heterocycles.